The molecular formula is C18H24FNO2. The summed E-state index contributed by atoms with van der Waals surface area (Å²) in [6.45, 7) is 2.13. The Morgan fingerprint density at radius 2 is 1.91 bits per heavy atom. The summed E-state index contributed by atoms with van der Waals surface area (Å²) in [6.07, 6.45) is 6.06. The molecule has 1 aliphatic rings. The molecule has 0 aliphatic heterocycles. The Balaban J connectivity index is 2.11. The smallest absolute Gasteiger partial charge is 0.228 e. The van der Waals surface area contributed by atoms with Crippen LogP contribution in [0.4, 0.5) is 4.39 Å². The Kier molecular flexibility index (Phi) is 5.58. The Labute approximate surface area is 131 Å². The van der Waals surface area contributed by atoms with Gasteiger partial charge in [-0.2, -0.15) is 0 Å². The maximum Gasteiger partial charge on any atom is 0.228 e. The van der Waals surface area contributed by atoms with Gasteiger partial charge in [0.05, 0.1) is 11.7 Å². The first-order chi connectivity index (χ1) is 10.6. The van der Waals surface area contributed by atoms with Gasteiger partial charge in [0.2, 0.25) is 5.91 Å². The number of benzene rings is 1. The maximum atomic E-state index is 12.5. The van der Waals surface area contributed by atoms with Gasteiger partial charge in [0, 0.05) is 0 Å². The molecule has 0 aromatic heterocycles. The van der Waals surface area contributed by atoms with Crippen molar-refractivity contribution < 1.29 is 13.9 Å². The lowest BCUT2D eigenvalue weighted by Crippen LogP contribution is -2.42. The van der Waals surface area contributed by atoms with Crippen LogP contribution < -0.4 is 10.5 Å². The second-order valence-corrected chi connectivity index (χ2v) is 5.94. The fourth-order valence-corrected chi connectivity index (χ4v) is 3.09. The minimum atomic E-state index is -0.537. The van der Waals surface area contributed by atoms with Crippen molar-refractivity contribution in [2.45, 2.75) is 50.9 Å². The Bertz CT molecular complexity index is 531. The molecule has 4 heteroatoms. The van der Waals surface area contributed by atoms with Crippen molar-refractivity contribution in [3.63, 3.8) is 0 Å². The third kappa shape index (κ3) is 3.49. The molecule has 1 aromatic carbocycles. The van der Waals surface area contributed by atoms with Gasteiger partial charge in [-0.25, -0.2) is 4.39 Å². The predicted octanol–water partition coefficient (Wildman–Crippen LogP) is 4.02. The average Bonchev–Trinajstić information content (AvgIpc) is 2.57. The number of primary amides is 1. The van der Waals surface area contributed by atoms with Crippen LogP contribution in [0.15, 0.2) is 36.2 Å². The fourth-order valence-electron chi connectivity index (χ4n) is 3.09. The molecule has 120 valence electrons. The summed E-state index contributed by atoms with van der Waals surface area (Å²) < 4.78 is 18.1. The normalized spacial score (nSPS) is 18.0. The molecule has 0 bridgehead atoms. The summed E-state index contributed by atoms with van der Waals surface area (Å²) >= 11 is 0. The maximum absolute atomic E-state index is 12.5. The molecular weight excluding hydrogens is 281 g/mol. The number of hydrogen-bond acceptors (Lipinski definition) is 2. The van der Waals surface area contributed by atoms with Crippen LogP contribution in [-0.4, -0.2) is 12.5 Å². The minimum Gasteiger partial charge on any atom is -0.489 e. The number of carbonyl (C=O) groups excluding carboxylic acids is 1. The van der Waals surface area contributed by atoms with E-state index in [1.54, 1.807) is 0 Å². The Morgan fingerprint density at radius 3 is 2.41 bits per heavy atom. The fraction of sp³-hybridized carbons (Fsp3) is 0.500. The predicted molar refractivity (Wildman–Crippen MR) is 85.4 cm³/mol. The number of amides is 1. The van der Waals surface area contributed by atoms with Crippen LogP contribution in [0.5, 0.6) is 5.75 Å². The van der Waals surface area contributed by atoms with Crippen LogP contribution in [0.2, 0.25) is 0 Å². The van der Waals surface area contributed by atoms with Gasteiger partial charge in [-0.15, -0.1) is 0 Å². The summed E-state index contributed by atoms with van der Waals surface area (Å²) in [5, 5.41) is 0. The number of hydrogen-bond donors (Lipinski definition) is 1. The van der Waals surface area contributed by atoms with E-state index in [0.717, 1.165) is 37.7 Å². The van der Waals surface area contributed by atoms with Gasteiger partial charge in [-0.3, -0.25) is 4.79 Å². The van der Waals surface area contributed by atoms with E-state index >= 15 is 0 Å². The number of nitrogens with two attached hydrogens (primary N) is 1. The van der Waals surface area contributed by atoms with Crippen molar-refractivity contribution >= 4 is 5.91 Å². The van der Waals surface area contributed by atoms with Crippen molar-refractivity contribution in [1.29, 1.82) is 0 Å². The van der Waals surface area contributed by atoms with Gasteiger partial charge >= 0.3 is 0 Å². The lowest BCUT2D eigenvalue weighted by Gasteiger charge is -2.34. The van der Waals surface area contributed by atoms with Crippen molar-refractivity contribution in [3.8, 4) is 5.75 Å². The molecule has 2 rings (SSSR count). The summed E-state index contributed by atoms with van der Waals surface area (Å²) in [5.74, 6) is 0.432. The standard InChI is InChI=1S/C18H24FNO2/c1-2-14(12-19)13-22-16-8-6-15(7-9-16)18(17(20)21)10-4-3-5-11-18/h6-9,12H,2-5,10-11,13H2,1H3,(H2,20,21)/b14-12+. The second-order valence-electron chi connectivity index (χ2n) is 5.94. The van der Waals surface area contributed by atoms with E-state index in [-0.39, 0.29) is 12.5 Å². The van der Waals surface area contributed by atoms with Crippen LogP contribution in [-0.2, 0) is 10.2 Å². The third-order valence-electron chi connectivity index (χ3n) is 4.62. The molecule has 2 N–H and O–H groups in total. The van der Waals surface area contributed by atoms with E-state index in [0.29, 0.717) is 24.1 Å². The van der Waals surface area contributed by atoms with Gasteiger partial charge < -0.3 is 10.5 Å². The van der Waals surface area contributed by atoms with E-state index in [2.05, 4.69) is 0 Å². The molecule has 22 heavy (non-hydrogen) atoms. The van der Waals surface area contributed by atoms with Crippen LogP contribution >= 0.6 is 0 Å². The second kappa shape index (κ2) is 7.43. The Morgan fingerprint density at radius 1 is 1.27 bits per heavy atom. The molecule has 0 heterocycles. The third-order valence-corrected chi connectivity index (χ3v) is 4.62. The minimum absolute atomic E-state index is 0.241. The number of ether oxygens (including phenoxy) is 1. The van der Waals surface area contributed by atoms with E-state index in [4.69, 9.17) is 10.5 Å². The number of carbonyl (C=O) groups is 1. The van der Waals surface area contributed by atoms with E-state index in [1.807, 2.05) is 31.2 Å². The molecule has 1 amide bonds. The quantitative estimate of drug-likeness (QED) is 0.863. The van der Waals surface area contributed by atoms with Crippen LogP contribution in [0.3, 0.4) is 0 Å². The van der Waals surface area contributed by atoms with Gasteiger partial charge in [0.15, 0.2) is 0 Å². The van der Waals surface area contributed by atoms with Crippen molar-refractivity contribution in [3.05, 3.63) is 41.7 Å². The molecule has 0 saturated heterocycles. The van der Waals surface area contributed by atoms with Gasteiger partial charge in [0.25, 0.3) is 0 Å². The van der Waals surface area contributed by atoms with E-state index in [9.17, 15) is 9.18 Å². The largest absolute Gasteiger partial charge is 0.489 e. The summed E-state index contributed by atoms with van der Waals surface area (Å²) in [7, 11) is 0. The highest BCUT2D eigenvalue weighted by atomic mass is 19.1. The zero-order valence-corrected chi connectivity index (χ0v) is 13.1. The lowest BCUT2D eigenvalue weighted by atomic mass is 9.69. The first-order valence-corrected chi connectivity index (χ1v) is 7.94. The lowest BCUT2D eigenvalue weighted by molar-refractivity contribution is -0.124. The molecule has 0 radical (unpaired) electrons. The topological polar surface area (TPSA) is 52.3 Å². The summed E-state index contributed by atoms with van der Waals surface area (Å²) in [5.41, 5.74) is 6.73. The number of rotatable bonds is 6. The van der Waals surface area contributed by atoms with E-state index in [1.165, 1.54) is 0 Å². The highest BCUT2D eigenvalue weighted by Gasteiger charge is 2.39. The van der Waals surface area contributed by atoms with Gasteiger partial charge in [-0.1, -0.05) is 38.3 Å². The van der Waals surface area contributed by atoms with Crippen LogP contribution in [0.1, 0.15) is 51.0 Å². The molecule has 0 spiro atoms. The molecule has 0 atom stereocenters. The molecule has 1 saturated carbocycles. The monoisotopic (exact) mass is 305 g/mol. The van der Waals surface area contributed by atoms with Crippen molar-refractivity contribution in [2.75, 3.05) is 6.61 Å². The first-order valence-electron chi connectivity index (χ1n) is 7.94. The molecule has 1 aromatic rings. The summed E-state index contributed by atoms with van der Waals surface area (Å²) in [4.78, 5) is 12.0. The zero-order chi connectivity index (χ0) is 16.0. The first kappa shape index (κ1) is 16.5. The van der Waals surface area contributed by atoms with Crippen LogP contribution in [0.25, 0.3) is 0 Å². The number of halogens is 1. The SMILES string of the molecule is CC/C(=C\F)COc1ccc(C2(C(N)=O)CCCCC2)cc1. The van der Waals surface area contributed by atoms with Gasteiger partial charge in [0.1, 0.15) is 12.4 Å². The van der Waals surface area contributed by atoms with E-state index < -0.39 is 5.41 Å². The van der Waals surface area contributed by atoms with Crippen LogP contribution in [0, 0.1) is 0 Å². The molecule has 3 nitrogen and oxygen atoms in total. The zero-order valence-electron chi connectivity index (χ0n) is 13.1. The molecule has 1 fully saturated rings. The van der Waals surface area contributed by atoms with Gasteiger partial charge in [-0.05, 0) is 42.5 Å². The Hall–Kier alpha value is -1.84. The van der Waals surface area contributed by atoms with Crippen molar-refractivity contribution in [1.82, 2.24) is 0 Å². The highest BCUT2D eigenvalue weighted by Crippen LogP contribution is 2.39. The highest BCUT2D eigenvalue weighted by molar-refractivity contribution is 5.86. The van der Waals surface area contributed by atoms with Crippen molar-refractivity contribution in [2.24, 2.45) is 5.73 Å². The average molecular weight is 305 g/mol. The summed E-state index contributed by atoms with van der Waals surface area (Å²) in [6, 6.07) is 7.49. The molecule has 1 aliphatic carbocycles. The molecule has 0 unspecified atom stereocenters.